The van der Waals surface area contributed by atoms with Gasteiger partial charge < -0.3 is 19.9 Å². The number of nitrogens with zero attached hydrogens (tertiary/aromatic N) is 3. The van der Waals surface area contributed by atoms with Gasteiger partial charge in [0, 0.05) is 38.0 Å². The second-order valence-corrected chi connectivity index (χ2v) is 7.65. The number of rotatable bonds is 8. The summed E-state index contributed by atoms with van der Waals surface area (Å²) in [5, 5.41) is 15.9. The zero-order chi connectivity index (χ0) is 22.4. The summed E-state index contributed by atoms with van der Waals surface area (Å²) in [6, 6.07) is 11.2. The molecule has 3 rings (SSSR count). The van der Waals surface area contributed by atoms with E-state index in [1.807, 2.05) is 35.7 Å². The molecule has 0 saturated heterocycles. The number of nitriles is 1. The van der Waals surface area contributed by atoms with Crippen molar-refractivity contribution in [2.75, 3.05) is 37.0 Å². The standard InChI is InChI=1S/C22H22N4O4S/c1-25-17-6-3-4-7-18(17)26(2)22(25)16(12-23)19(27)13-30-20(28)8-5-10-24-21(29)15-9-11-31-14-15/h3-4,6-7,9,11,14H,5,8,10,13H2,1-2H3,(H,24,29). The number of carbonyl (C=O) groups is 3. The maximum atomic E-state index is 12.6. The lowest BCUT2D eigenvalue weighted by atomic mass is 10.2. The molecule has 2 heterocycles. The van der Waals surface area contributed by atoms with E-state index < -0.39 is 18.4 Å². The molecule has 0 atom stereocenters. The number of para-hydroxylation sites is 2. The number of ketones is 1. The Hall–Kier alpha value is -3.64. The van der Waals surface area contributed by atoms with Crippen LogP contribution in [0, 0.1) is 11.3 Å². The molecule has 0 unspecified atom stereocenters. The molecule has 0 bridgehead atoms. The first kappa shape index (κ1) is 22.1. The summed E-state index contributed by atoms with van der Waals surface area (Å²) in [7, 11) is 3.55. The molecule has 1 aliphatic rings. The number of amides is 1. The van der Waals surface area contributed by atoms with Crippen molar-refractivity contribution in [2.24, 2.45) is 0 Å². The maximum absolute atomic E-state index is 12.6. The highest BCUT2D eigenvalue weighted by Gasteiger charge is 2.31. The monoisotopic (exact) mass is 438 g/mol. The molecule has 31 heavy (non-hydrogen) atoms. The molecule has 9 heteroatoms. The Morgan fingerprint density at radius 1 is 1.13 bits per heavy atom. The minimum absolute atomic E-state index is 0.0565. The highest BCUT2D eigenvalue weighted by atomic mass is 32.1. The number of benzene rings is 1. The van der Waals surface area contributed by atoms with Gasteiger partial charge in [-0.15, -0.1) is 0 Å². The molecule has 0 fully saturated rings. The second-order valence-electron chi connectivity index (χ2n) is 6.87. The highest BCUT2D eigenvalue weighted by molar-refractivity contribution is 7.08. The largest absolute Gasteiger partial charge is 0.457 e. The van der Waals surface area contributed by atoms with Gasteiger partial charge in [0.2, 0.25) is 5.78 Å². The van der Waals surface area contributed by atoms with Gasteiger partial charge in [-0.3, -0.25) is 14.4 Å². The molecular weight excluding hydrogens is 416 g/mol. The number of thiophene rings is 1. The van der Waals surface area contributed by atoms with Crippen LogP contribution < -0.4 is 15.1 Å². The third kappa shape index (κ3) is 4.92. The first-order chi connectivity index (χ1) is 14.9. The average Bonchev–Trinajstić information content (AvgIpc) is 3.40. The zero-order valence-electron chi connectivity index (χ0n) is 17.3. The first-order valence-corrected chi connectivity index (χ1v) is 10.6. The molecule has 0 aliphatic carbocycles. The predicted octanol–water partition coefficient (Wildman–Crippen LogP) is 2.69. The van der Waals surface area contributed by atoms with Crippen LogP contribution in [-0.2, 0) is 14.3 Å². The summed E-state index contributed by atoms with van der Waals surface area (Å²) in [5.41, 5.74) is 2.26. The molecule has 0 spiro atoms. The third-order valence-electron chi connectivity index (χ3n) is 4.84. The average molecular weight is 439 g/mol. The summed E-state index contributed by atoms with van der Waals surface area (Å²) in [5.74, 6) is -0.873. The Labute approximate surface area is 184 Å². The van der Waals surface area contributed by atoms with Crippen LogP contribution in [0.2, 0.25) is 0 Å². The van der Waals surface area contributed by atoms with E-state index in [1.54, 1.807) is 35.3 Å². The Morgan fingerprint density at radius 3 is 2.39 bits per heavy atom. The van der Waals surface area contributed by atoms with E-state index in [1.165, 1.54) is 11.3 Å². The fourth-order valence-corrected chi connectivity index (χ4v) is 3.91. The molecule has 1 N–H and O–H groups in total. The van der Waals surface area contributed by atoms with E-state index in [4.69, 9.17) is 4.74 Å². The number of anilines is 2. The van der Waals surface area contributed by atoms with Gasteiger partial charge in [0.1, 0.15) is 17.5 Å². The summed E-state index contributed by atoms with van der Waals surface area (Å²) < 4.78 is 5.05. The van der Waals surface area contributed by atoms with Crippen LogP contribution in [-0.4, -0.2) is 44.9 Å². The Kier molecular flexibility index (Phi) is 7.05. The van der Waals surface area contributed by atoms with Gasteiger partial charge in [0.25, 0.3) is 5.91 Å². The van der Waals surface area contributed by atoms with Crippen molar-refractivity contribution >= 4 is 40.4 Å². The van der Waals surface area contributed by atoms with Gasteiger partial charge in [-0.25, -0.2) is 0 Å². The van der Waals surface area contributed by atoms with Gasteiger partial charge in [0.05, 0.1) is 11.4 Å². The Balaban J connectivity index is 1.50. The third-order valence-corrected chi connectivity index (χ3v) is 5.53. The van der Waals surface area contributed by atoms with Crippen LogP contribution in [0.3, 0.4) is 0 Å². The number of nitrogens with one attached hydrogen (secondary N) is 1. The second kappa shape index (κ2) is 9.91. The molecule has 1 aromatic carbocycles. The lowest BCUT2D eigenvalue weighted by Gasteiger charge is -2.19. The number of Topliss-reactive ketones (excluding diaryl/α,β-unsaturated/α-hetero) is 1. The Morgan fingerprint density at radius 2 is 1.81 bits per heavy atom. The maximum Gasteiger partial charge on any atom is 0.306 e. The van der Waals surface area contributed by atoms with E-state index in [-0.39, 0.29) is 17.9 Å². The van der Waals surface area contributed by atoms with Crippen molar-refractivity contribution in [2.45, 2.75) is 12.8 Å². The van der Waals surface area contributed by atoms with E-state index in [9.17, 15) is 19.6 Å². The minimum Gasteiger partial charge on any atom is -0.457 e. The van der Waals surface area contributed by atoms with Crippen LogP contribution in [0.25, 0.3) is 0 Å². The van der Waals surface area contributed by atoms with Gasteiger partial charge in [-0.1, -0.05) is 12.1 Å². The Bertz CT molecular complexity index is 1020. The van der Waals surface area contributed by atoms with Crippen molar-refractivity contribution in [3.63, 3.8) is 0 Å². The van der Waals surface area contributed by atoms with Crippen LogP contribution in [0.15, 0.2) is 52.5 Å². The molecule has 0 saturated carbocycles. The normalized spacial score (nSPS) is 12.2. The van der Waals surface area contributed by atoms with Crippen LogP contribution in [0.1, 0.15) is 23.2 Å². The number of esters is 1. The molecular formula is C22H22N4O4S. The number of fused-ring (bicyclic) bond motifs is 1. The van der Waals surface area contributed by atoms with Gasteiger partial charge in [-0.05, 0) is 30.0 Å². The highest BCUT2D eigenvalue weighted by Crippen LogP contribution is 2.40. The minimum atomic E-state index is -0.567. The molecule has 1 aromatic heterocycles. The van der Waals surface area contributed by atoms with E-state index in [0.29, 0.717) is 24.4 Å². The summed E-state index contributed by atoms with van der Waals surface area (Å²) in [6.45, 7) is -0.191. The predicted molar refractivity (Wildman–Crippen MR) is 118 cm³/mol. The fraction of sp³-hybridized carbons (Fsp3) is 0.273. The van der Waals surface area contributed by atoms with E-state index in [2.05, 4.69) is 5.32 Å². The number of carbonyl (C=O) groups excluding carboxylic acids is 3. The SMILES string of the molecule is CN1C(=C(C#N)C(=O)COC(=O)CCCNC(=O)c2ccsc2)N(C)c2ccccc21. The topological polar surface area (TPSA) is 103 Å². The zero-order valence-corrected chi connectivity index (χ0v) is 18.1. The summed E-state index contributed by atoms with van der Waals surface area (Å²) >= 11 is 1.43. The van der Waals surface area contributed by atoms with Crippen LogP contribution >= 0.6 is 11.3 Å². The van der Waals surface area contributed by atoms with Crippen LogP contribution in [0.4, 0.5) is 11.4 Å². The molecule has 160 valence electrons. The lowest BCUT2D eigenvalue weighted by molar-refractivity contribution is -0.147. The van der Waals surface area contributed by atoms with Crippen molar-refractivity contribution in [3.8, 4) is 6.07 Å². The van der Waals surface area contributed by atoms with Gasteiger partial charge in [-0.2, -0.15) is 16.6 Å². The smallest absolute Gasteiger partial charge is 0.306 e. The quantitative estimate of drug-likeness (QED) is 0.293. The lowest BCUT2D eigenvalue weighted by Crippen LogP contribution is -2.28. The van der Waals surface area contributed by atoms with Crippen molar-refractivity contribution < 1.29 is 19.1 Å². The number of hydrogen-bond donors (Lipinski definition) is 1. The van der Waals surface area contributed by atoms with E-state index >= 15 is 0 Å². The molecule has 2 aromatic rings. The molecule has 0 radical (unpaired) electrons. The number of ether oxygens (including phenoxy) is 1. The van der Waals surface area contributed by atoms with Crippen molar-refractivity contribution in [1.82, 2.24) is 5.32 Å². The van der Waals surface area contributed by atoms with Gasteiger partial charge in [0.15, 0.2) is 6.61 Å². The fourth-order valence-electron chi connectivity index (χ4n) is 3.28. The van der Waals surface area contributed by atoms with Crippen molar-refractivity contribution in [3.05, 3.63) is 58.0 Å². The first-order valence-electron chi connectivity index (χ1n) is 9.64. The van der Waals surface area contributed by atoms with Crippen LogP contribution in [0.5, 0.6) is 0 Å². The summed E-state index contributed by atoms with van der Waals surface area (Å²) in [6.07, 6.45) is 0.441. The molecule has 1 amide bonds. The van der Waals surface area contributed by atoms with E-state index in [0.717, 1.165) is 11.4 Å². The molecule has 8 nitrogen and oxygen atoms in total. The summed E-state index contributed by atoms with van der Waals surface area (Å²) in [4.78, 5) is 39.9. The van der Waals surface area contributed by atoms with Crippen molar-refractivity contribution in [1.29, 1.82) is 5.26 Å². The molecule has 1 aliphatic heterocycles. The van der Waals surface area contributed by atoms with Gasteiger partial charge >= 0.3 is 5.97 Å². The number of hydrogen-bond acceptors (Lipinski definition) is 8.